The number of carbonyl (C=O) groups is 2. The van der Waals surface area contributed by atoms with E-state index in [2.05, 4.69) is 15.6 Å². The van der Waals surface area contributed by atoms with Crippen LogP contribution in [0.3, 0.4) is 0 Å². The standard InChI is InChI=1S/C13H20N4O3/c18-12(19)8-11(10-2-3-10)16-13(20)15-4-1-6-17-7-5-14-9-17/h5,7,9-11H,1-4,6,8H2,(H,18,19)(H2,15,16,20). The molecule has 1 aromatic heterocycles. The normalized spacial score (nSPS) is 15.6. The zero-order valence-corrected chi connectivity index (χ0v) is 11.3. The maximum absolute atomic E-state index is 11.7. The van der Waals surface area contributed by atoms with E-state index in [1.165, 1.54) is 0 Å². The molecule has 1 aliphatic rings. The number of aryl methyl sites for hydroxylation is 1. The Morgan fingerprint density at radius 3 is 2.85 bits per heavy atom. The molecule has 7 nitrogen and oxygen atoms in total. The Morgan fingerprint density at radius 1 is 1.45 bits per heavy atom. The molecule has 2 amide bonds. The third-order valence-electron chi connectivity index (χ3n) is 3.34. The van der Waals surface area contributed by atoms with Gasteiger partial charge in [-0.1, -0.05) is 0 Å². The Labute approximate surface area is 117 Å². The lowest BCUT2D eigenvalue weighted by atomic mass is 10.1. The molecule has 1 atom stereocenters. The number of carbonyl (C=O) groups excluding carboxylic acids is 1. The summed E-state index contributed by atoms with van der Waals surface area (Å²) >= 11 is 0. The molecule has 0 bridgehead atoms. The van der Waals surface area contributed by atoms with Crippen molar-refractivity contribution in [3.05, 3.63) is 18.7 Å². The number of rotatable bonds is 8. The van der Waals surface area contributed by atoms with Crippen molar-refractivity contribution in [3.63, 3.8) is 0 Å². The number of urea groups is 1. The number of carboxylic acid groups (broad SMARTS) is 1. The van der Waals surface area contributed by atoms with E-state index >= 15 is 0 Å². The highest BCUT2D eigenvalue weighted by Gasteiger charge is 2.33. The minimum Gasteiger partial charge on any atom is -0.481 e. The van der Waals surface area contributed by atoms with Gasteiger partial charge in [-0.05, 0) is 25.2 Å². The van der Waals surface area contributed by atoms with Gasteiger partial charge < -0.3 is 20.3 Å². The minimum atomic E-state index is -0.873. The molecule has 0 radical (unpaired) electrons. The van der Waals surface area contributed by atoms with E-state index in [-0.39, 0.29) is 18.5 Å². The number of aromatic nitrogens is 2. The third kappa shape index (κ3) is 4.91. The van der Waals surface area contributed by atoms with Crippen LogP contribution in [0.2, 0.25) is 0 Å². The monoisotopic (exact) mass is 280 g/mol. The molecule has 110 valence electrons. The second kappa shape index (κ2) is 6.93. The zero-order valence-electron chi connectivity index (χ0n) is 11.3. The van der Waals surface area contributed by atoms with Crippen LogP contribution >= 0.6 is 0 Å². The van der Waals surface area contributed by atoms with Crippen molar-refractivity contribution in [3.8, 4) is 0 Å². The SMILES string of the molecule is O=C(O)CC(NC(=O)NCCCn1ccnc1)C1CC1. The van der Waals surface area contributed by atoms with Gasteiger partial charge in [-0.2, -0.15) is 0 Å². The fraction of sp³-hybridized carbons (Fsp3) is 0.615. The lowest BCUT2D eigenvalue weighted by Gasteiger charge is -2.16. The van der Waals surface area contributed by atoms with Gasteiger partial charge in [0.15, 0.2) is 0 Å². The molecular weight excluding hydrogens is 260 g/mol. The summed E-state index contributed by atoms with van der Waals surface area (Å²) in [6, 6.07) is -0.532. The number of carboxylic acids is 1. The summed E-state index contributed by atoms with van der Waals surface area (Å²) in [5.41, 5.74) is 0. The molecule has 20 heavy (non-hydrogen) atoms. The van der Waals surface area contributed by atoms with E-state index < -0.39 is 5.97 Å². The number of nitrogens with one attached hydrogen (secondary N) is 2. The molecule has 0 spiro atoms. The fourth-order valence-electron chi connectivity index (χ4n) is 2.12. The molecule has 0 aliphatic heterocycles. The summed E-state index contributed by atoms with van der Waals surface area (Å²) in [6.45, 7) is 1.34. The van der Waals surface area contributed by atoms with Crippen LogP contribution in [0.4, 0.5) is 4.79 Å². The highest BCUT2D eigenvalue weighted by atomic mass is 16.4. The summed E-state index contributed by atoms with van der Waals surface area (Å²) in [6.07, 6.45) is 8.11. The van der Waals surface area contributed by atoms with Crippen molar-refractivity contribution >= 4 is 12.0 Å². The van der Waals surface area contributed by atoms with Gasteiger partial charge in [0.1, 0.15) is 0 Å². The lowest BCUT2D eigenvalue weighted by molar-refractivity contribution is -0.137. The number of hydrogen-bond donors (Lipinski definition) is 3. The average molecular weight is 280 g/mol. The molecule has 1 unspecified atom stereocenters. The number of nitrogens with zero attached hydrogens (tertiary/aromatic N) is 2. The number of hydrogen-bond acceptors (Lipinski definition) is 3. The number of imidazole rings is 1. The highest BCUT2D eigenvalue weighted by molar-refractivity contribution is 5.75. The maximum Gasteiger partial charge on any atom is 0.315 e. The molecule has 2 rings (SSSR count). The summed E-state index contributed by atoms with van der Waals surface area (Å²) < 4.78 is 1.94. The first-order chi connectivity index (χ1) is 9.65. The molecule has 1 aliphatic carbocycles. The second-order valence-electron chi connectivity index (χ2n) is 5.10. The smallest absolute Gasteiger partial charge is 0.315 e. The van der Waals surface area contributed by atoms with E-state index in [1.54, 1.807) is 12.5 Å². The van der Waals surface area contributed by atoms with Crippen LogP contribution in [-0.2, 0) is 11.3 Å². The molecule has 0 aromatic carbocycles. The Bertz CT molecular complexity index is 442. The molecule has 1 aromatic rings. The van der Waals surface area contributed by atoms with Crippen molar-refractivity contribution in [2.75, 3.05) is 6.54 Å². The van der Waals surface area contributed by atoms with E-state index in [9.17, 15) is 9.59 Å². The van der Waals surface area contributed by atoms with Crippen molar-refractivity contribution in [2.24, 2.45) is 5.92 Å². The maximum atomic E-state index is 11.7. The summed E-state index contributed by atoms with van der Waals surface area (Å²) in [7, 11) is 0. The topological polar surface area (TPSA) is 96.3 Å². The molecule has 7 heteroatoms. The van der Waals surface area contributed by atoms with Crippen LogP contribution in [0.5, 0.6) is 0 Å². The number of amides is 2. The molecule has 1 fully saturated rings. The summed E-state index contributed by atoms with van der Waals surface area (Å²) in [4.78, 5) is 26.4. The quantitative estimate of drug-likeness (QED) is 0.614. The van der Waals surface area contributed by atoms with E-state index in [0.29, 0.717) is 12.5 Å². The molecule has 1 saturated carbocycles. The van der Waals surface area contributed by atoms with Crippen molar-refractivity contribution in [1.29, 1.82) is 0 Å². The van der Waals surface area contributed by atoms with Gasteiger partial charge in [0.25, 0.3) is 0 Å². The lowest BCUT2D eigenvalue weighted by Crippen LogP contribution is -2.44. The molecule has 3 N–H and O–H groups in total. The van der Waals surface area contributed by atoms with Crippen LogP contribution in [0.15, 0.2) is 18.7 Å². The first-order valence-electron chi connectivity index (χ1n) is 6.87. The van der Waals surface area contributed by atoms with Crippen LogP contribution in [0.1, 0.15) is 25.7 Å². The van der Waals surface area contributed by atoms with Crippen molar-refractivity contribution in [1.82, 2.24) is 20.2 Å². The molecule has 1 heterocycles. The Balaban J connectivity index is 1.62. The van der Waals surface area contributed by atoms with Gasteiger partial charge in [-0.15, -0.1) is 0 Å². The second-order valence-corrected chi connectivity index (χ2v) is 5.10. The van der Waals surface area contributed by atoms with Gasteiger partial charge in [-0.3, -0.25) is 4.79 Å². The first kappa shape index (κ1) is 14.4. The van der Waals surface area contributed by atoms with Gasteiger partial charge in [0, 0.05) is 31.5 Å². The van der Waals surface area contributed by atoms with Crippen molar-refractivity contribution < 1.29 is 14.7 Å². The van der Waals surface area contributed by atoms with Gasteiger partial charge in [0.2, 0.25) is 0 Å². The molecular formula is C13H20N4O3. The van der Waals surface area contributed by atoms with Crippen LogP contribution in [-0.4, -0.2) is 39.2 Å². The Morgan fingerprint density at radius 2 is 2.25 bits per heavy atom. The van der Waals surface area contributed by atoms with Gasteiger partial charge in [-0.25, -0.2) is 9.78 Å². The fourth-order valence-corrected chi connectivity index (χ4v) is 2.12. The number of aliphatic carboxylic acids is 1. The zero-order chi connectivity index (χ0) is 14.4. The largest absolute Gasteiger partial charge is 0.481 e. The third-order valence-corrected chi connectivity index (χ3v) is 3.34. The van der Waals surface area contributed by atoms with Crippen LogP contribution < -0.4 is 10.6 Å². The predicted molar refractivity (Wildman–Crippen MR) is 72.1 cm³/mol. The van der Waals surface area contributed by atoms with Crippen molar-refractivity contribution in [2.45, 2.75) is 38.3 Å². The van der Waals surface area contributed by atoms with E-state index in [0.717, 1.165) is 25.8 Å². The molecule has 0 saturated heterocycles. The van der Waals surface area contributed by atoms with Crippen LogP contribution in [0, 0.1) is 5.92 Å². The minimum absolute atomic E-state index is 0.00682. The van der Waals surface area contributed by atoms with Gasteiger partial charge in [0.05, 0.1) is 12.7 Å². The van der Waals surface area contributed by atoms with Gasteiger partial charge >= 0.3 is 12.0 Å². The summed E-state index contributed by atoms with van der Waals surface area (Å²) in [5.74, 6) is -0.551. The predicted octanol–water partition coefficient (Wildman–Crippen LogP) is 0.826. The highest BCUT2D eigenvalue weighted by Crippen LogP contribution is 2.33. The Kier molecular flexibility index (Phi) is 4.97. The van der Waals surface area contributed by atoms with E-state index in [1.807, 2.05) is 10.8 Å². The Hall–Kier alpha value is -2.05. The van der Waals surface area contributed by atoms with E-state index in [4.69, 9.17) is 5.11 Å². The average Bonchev–Trinajstić information content (AvgIpc) is 3.11. The first-order valence-corrected chi connectivity index (χ1v) is 6.87. The van der Waals surface area contributed by atoms with Crippen LogP contribution in [0.25, 0.3) is 0 Å². The summed E-state index contributed by atoms with van der Waals surface area (Å²) in [5, 5.41) is 14.3.